The fourth-order valence-corrected chi connectivity index (χ4v) is 4.28. The SMILES string of the molecule is Cc1nc(CCOc2ccc([C@@H]3CC[C@@H](C(=O)O)N3C(=O)OCc3ccccc3)cc2)c(C)o1. The van der Waals surface area contributed by atoms with Gasteiger partial charge in [0, 0.05) is 13.3 Å². The number of benzene rings is 2. The molecule has 2 heterocycles. The van der Waals surface area contributed by atoms with Crippen molar-refractivity contribution in [3.8, 4) is 5.75 Å². The van der Waals surface area contributed by atoms with Crippen molar-refractivity contribution in [3.05, 3.63) is 83.1 Å². The lowest BCUT2D eigenvalue weighted by atomic mass is 10.0. The number of likely N-dealkylation sites (tertiary alicyclic amines) is 1. The minimum Gasteiger partial charge on any atom is -0.493 e. The van der Waals surface area contributed by atoms with E-state index < -0.39 is 18.1 Å². The van der Waals surface area contributed by atoms with Crippen LogP contribution in [-0.2, 0) is 22.6 Å². The molecule has 1 saturated heterocycles. The zero-order valence-corrected chi connectivity index (χ0v) is 19.3. The van der Waals surface area contributed by atoms with Crippen molar-refractivity contribution in [2.75, 3.05) is 6.61 Å². The Kier molecular flexibility index (Phi) is 7.15. The Balaban J connectivity index is 1.40. The van der Waals surface area contributed by atoms with Crippen molar-refractivity contribution < 1.29 is 28.6 Å². The average Bonchev–Trinajstić information content (AvgIpc) is 3.42. The molecule has 0 aliphatic carbocycles. The second kappa shape index (κ2) is 10.4. The first-order chi connectivity index (χ1) is 16.4. The predicted octanol–water partition coefficient (Wildman–Crippen LogP) is 4.84. The number of carboxylic acids is 1. The molecule has 2 atom stereocenters. The zero-order valence-electron chi connectivity index (χ0n) is 19.3. The van der Waals surface area contributed by atoms with E-state index in [9.17, 15) is 14.7 Å². The standard InChI is InChI=1S/C26H28N2O6/c1-17-22(27-18(2)34-17)14-15-32-21-10-8-20(9-11-21)23-12-13-24(25(29)30)28(23)26(31)33-16-19-6-4-3-5-7-19/h3-11,23-24H,12-16H2,1-2H3,(H,29,30)/t23-,24-/m0/s1. The van der Waals surface area contributed by atoms with E-state index in [1.165, 1.54) is 4.90 Å². The molecule has 4 rings (SSSR count). The average molecular weight is 465 g/mol. The normalized spacial score (nSPS) is 17.5. The van der Waals surface area contributed by atoms with Crippen LogP contribution in [0.5, 0.6) is 5.75 Å². The Morgan fingerprint density at radius 3 is 2.47 bits per heavy atom. The smallest absolute Gasteiger partial charge is 0.411 e. The highest BCUT2D eigenvalue weighted by atomic mass is 16.6. The maximum atomic E-state index is 12.9. The van der Waals surface area contributed by atoms with Gasteiger partial charge in [0.1, 0.15) is 24.2 Å². The van der Waals surface area contributed by atoms with E-state index in [0.29, 0.717) is 37.5 Å². The first-order valence-corrected chi connectivity index (χ1v) is 11.3. The van der Waals surface area contributed by atoms with Crippen molar-refractivity contribution in [3.63, 3.8) is 0 Å². The lowest BCUT2D eigenvalue weighted by molar-refractivity contribution is -0.142. The van der Waals surface area contributed by atoms with Crippen LogP contribution in [-0.4, -0.2) is 39.7 Å². The van der Waals surface area contributed by atoms with E-state index in [2.05, 4.69) is 4.98 Å². The number of aliphatic carboxylic acids is 1. The first kappa shape index (κ1) is 23.4. The number of hydrogen-bond acceptors (Lipinski definition) is 6. The van der Waals surface area contributed by atoms with E-state index in [1.54, 1.807) is 0 Å². The lowest BCUT2D eigenvalue weighted by Crippen LogP contribution is -2.42. The number of aromatic nitrogens is 1. The molecule has 8 nitrogen and oxygen atoms in total. The van der Waals surface area contributed by atoms with Crippen molar-refractivity contribution in [2.45, 2.75) is 51.8 Å². The molecule has 0 unspecified atom stereocenters. The van der Waals surface area contributed by atoms with Gasteiger partial charge in [0.25, 0.3) is 0 Å². The molecule has 1 aromatic heterocycles. The maximum absolute atomic E-state index is 12.9. The number of carboxylic acid groups (broad SMARTS) is 1. The quantitative estimate of drug-likeness (QED) is 0.509. The van der Waals surface area contributed by atoms with Crippen molar-refractivity contribution in [1.82, 2.24) is 9.88 Å². The van der Waals surface area contributed by atoms with Gasteiger partial charge in [-0.1, -0.05) is 42.5 Å². The number of amides is 1. The fraction of sp³-hybridized carbons (Fsp3) is 0.346. The van der Waals surface area contributed by atoms with Gasteiger partial charge in [-0.15, -0.1) is 0 Å². The molecule has 178 valence electrons. The fourth-order valence-electron chi connectivity index (χ4n) is 4.28. The number of oxazole rings is 1. The molecule has 2 aromatic carbocycles. The molecule has 0 saturated carbocycles. The highest BCUT2D eigenvalue weighted by Crippen LogP contribution is 2.37. The third-order valence-electron chi connectivity index (χ3n) is 5.96. The Labute approximate surface area is 198 Å². The summed E-state index contributed by atoms with van der Waals surface area (Å²) in [6.07, 6.45) is 0.921. The Morgan fingerprint density at radius 1 is 1.09 bits per heavy atom. The number of carbonyl (C=O) groups excluding carboxylic acids is 1. The van der Waals surface area contributed by atoms with Crippen LogP contribution < -0.4 is 4.74 Å². The second-order valence-electron chi connectivity index (χ2n) is 8.30. The first-order valence-electron chi connectivity index (χ1n) is 11.3. The number of nitrogens with zero attached hydrogens (tertiary/aromatic N) is 2. The molecule has 34 heavy (non-hydrogen) atoms. The van der Waals surface area contributed by atoms with Crippen LogP contribution in [0.15, 0.2) is 59.0 Å². The molecule has 1 aliphatic rings. The summed E-state index contributed by atoms with van der Waals surface area (Å²) in [6.45, 7) is 4.24. The summed E-state index contributed by atoms with van der Waals surface area (Å²) in [5, 5.41) is 9.66. The van der Waals surface area contributed by atoms with Gasteiger partial charge in [-0.05, 0) is 43.0 Å². The minimum atomic E-state index is -1.03. The van der Waals surface area contributed by atoms with Gasteiger partial charge in [0.05, 0.1) is 18.3 Å². The lowest BCUT2D eigenvalue weighted by Gasteiger charge is -2.28. The Hall–Kier alpha value is -3.81. The van der Waals surface area contributed by atoms with E-state index in [0.717, 1.165) is 22.6 Å². The third-order valence-corrected chi connectivity index (χ3v) is 5.96. The summed E-state index contributed by atoms with van der Waals surface area (Å²) in [6, 6.07) is 15.4. The molecule has 8 heteroatoms. The Morgan fingerprint density at radius 2 is 1.82 bits per heavy atom. The van der Waals surface area contributed by atoms with E-state index in [4.69, 9.17) is 13.9 Å². The van der Waals surface area contributed by atoms with Gasteiger partial charge in [-0.3, -0.25) is 4.90 Å². The molecule has 0 bridgehead atoms. The van der Waals surface area contributed by atoms with Crippen molar-refractivity contribution in [1.29, 1.82) is 0 Å². The number of carbonyl (C=O) groups is 2. The number of ether oxygens (including phenoxy) is 2. The Bertz CT molecular complexity index is 1130. The van der Waals surface area contributed by atoms with Gasteiger partial charge in [0.2, 0.25) is 0 Å². The van der Waals surface area contributed by atoms with Crippen LogP contribution in [0.3, 0.4) is 0 Å². The summed E-state index contributed by atoms with van der Waals surface area (Å²) < 4.78 is 16.7. The minimum absolute atomic E-state index is 0.0898. The molecule has 1 aliphatic heterocycles. The van der Waals surface area contributed by atoms with Crippen LogP contribution in [0.1, 0.15) is 47.4 Å². The van der Waals surface area contributed by atoms with Crippen molar-refractivity contribution >= 4 is 12.1 Å². The zero-order chi connectivity index (χ0) is 24.1. The van der Waals surface area contributed by atoms with Crippen LogP contribution in [0.25, 0.3) is 0 Å². The molecule has 0 radical (unpaired) electrons. The third kappa shape index (κ3) is 5.39. The number of rotatable bonds is 8. The summed E-state index contributed by atoms with van der Waals surface area (Å²) in [5.41, 5.74) is 2.57. The molecular formula is C26H28N2O6. The van der Waals surface area contributed by atoms with Gasteiger partial charge >= 0.3 is 12.1 Å². The molecule has 1 fully saturated rings. The molecule has 0 spiro atoms. The molecule has 3 aromatic rings. The van der Waals surface area contributed by atoms with Gasteiger partial charge in [-0.2, -0.15) is 0 Å². The summed E-state index contributed by atoms with van der Waals surface area (Å²) >= 11 is 0. The van der Waals surface area contributed by atoms with E-state index in [1.807, 2.05) is 68.4 Å². The largest absolute Gasteiger partial charge is 0.493 e. The summed E-state index contributed by atoms with van der Waals surface area (Å²) in [5.74, 6) is 1.09. The van der Waals surface area contributed by atoms with Gasteiger partial charge < -0.3 is 19.0 Å². The van der Waals surface area contributed by atoms with Crippen LogP contribution >= 0.6 is 0 Å². The highest BCUT2D eigenvalue weighted by Gasteiger charge is 2.42. The van der Waals surface area contributed by atoms with Crippen LogP contribution in [0.4, 0.5) is 4.79 Å². The summed E-state index contributed by atoms with van der Waals surface area (Å²) in [4.78, 5) is 30.4. The van der Waals surface area contributed by atoms with E-state index in [-0.39, 0.29) is 12.6 Å². The molecule has 1 N–H and O–H groups in total. The second-order valence-corrected chi connectivity index (χ2v) is 8.30. The van der Waals surface area contributed by atoms with E-state index >= 15 is 0 Å². The van der Waals surface area contributed by atoms with Crippen LogP contribution in [0, 0.1) is 13.8 Å². The highest BCUT2D eigenvalue weighted by molar-refractivity contribution is 5.81. The topological polar surface area (TPSA) is 102 Å². The number of aryl methyl sites for hydroxylation is 2. The molecule has 1 amide bonds. The van der Waals surface area contributed by atoms with Gasteiger partial charge in [0.15, 0.2) is 5.89 Å². The molecular weight excluding hydrogens is 436 g/mol. The maximum Gasteiger partial charge on any atom is 0.411 e. The van der Waals surface area contributed by atoms with Crippen molar-refractivity contribution in [2.24, 2.45) is 0 Å². The predicted molar refractivity (Wildman–Crippen MR) is 123 cm³/mol. The van der Waals surface area contributed by atoms with Crippen LogP contribution in [0.2, 0.25) is 0 Å². The summed E-state index contributed by atoms with van der Waals surface area (Å²) in [7, 11) is 0. The van der Waals surface area contributed by atoms with Gasteiger partial charge in [-0.25, -0.2) is 14.6 Å². The number of hydrogen-bond donors (Lipinski definition) is 1. The monoisotopic (exact) mass is 464 g/mol.